The lowest BCUT2D eigenvalue weighted by atomic mass is 9.86. The molecule has 1 heterocycles. The standard InChI is InChI=1S/C16H19NO4/c1-4-21-14(19)9-11(18)10-17-13-8-6-5-7-12(13)16(2,3)15(17)20/h5-8H,4,9-10H2,1-3H3. The van der Waals surface area contributed by atoms with Gasteiger partial charge in [0.25, 0.3) is 0 Å². The first kappa shape index (κ1) is 15.2. The van der Waals surface area contributed by atoms with Crippen LogP contribution in [-0.4, -0.2) is 30.8 Å². The molecule has 1 aliphatic rings. The van der Waals surface area contributed by atoms with Crippen LogP contribution in [0.25, 0.3) is 0 Å². The van der Waals surface area contributed by atoms with E-state index in [4.69, 9.17) is 4.74 Å². The van der Waals surface area contributed by atoms with Crippen LogP contribution in [0.15, 0.2) is 24.3 Å². The molecule has 21 heavy (non-hydrogen) atoms. The summed E-state index contributed by atoms with van der Waals surface area (Å²) < 4.78 is 4.75. The molecule has 5 nitrogen and oxygen atoms in total. The number of carbonyl (C=O) groups is 3. The Kier molecular flexibility index (Phi) is 4.11. The van der Waals surface area contributed by atoms with E-state index < -0.39 is 11.4 Å². The summed E-state index contributed by atoms with van der Waals surface area (Å²) in [7, 11) is 0. The molecule has 0 saturated carbocycles. The van der Waals surface area contributed by atoms with Gasteiger partial charge in [-0.25, -0.2) is 0 Å². The van der Waals surface area contributed by atoms with Gasteiger partial charge < -0.3 is 9.64 Å². The molecule has 0 aromatic heterocycles. The van der Waals surface area contributed by atoms with Gasteiger partial charge in [0.2, 0.25) is 5.91 Å². The van der Waals surface area contributed by atoms with Gasteiger partial charge in [-0.15, -0.1) is 0 Å². The number of Topliss-reactive ketones (excluding diaryl/α,β-unsaturated/α-hetero) is 1. The minimum Gasteiger partial charge on any atom is -0.466 e. The Morgan fingerprint density at radius 1 is 1.24 bits per heavy atom. The number of nitrogens with zero attached hydrogens (tertiary/aromatic N) is 1. The molecule has 1 aromatic carbocycles. The van der Waals surface area contributed by atoms with Gasteiger partial charge >= 0.3 is 5.97 Å². The zero-order valence-corrected chi connectivity index (χ0v) is 12.5. The highest BCUT2D eigenvalue weighted by Gasteiger charge is 2.44. The number of rotatable bonds is 5. The van der Waals surface area contributed by atoms with Crippen molar-refractivity contribution in [2.75, 3.05) is 18.1 Å². The van der Waals surface area contributed by atoms with Gasteiger partial charge in [0, 0.05) is 5.69 Å². The van der Waals surface area contributed by atoms with E-state index in [-0.39, 0.29) is 31.3 Å². The van der Waals surface area contributed by atoms with Gasteiger partial charge in [-0.2, -0.15) is 0 Å². The van der Waals surface area contributed by atoms with Crippen LogP contribution in [0.2, 0.25) is 0 Å². The molecule has 1 aromatic rings. The summed E-state index contributed by atoms with van der Waals surface area (Å²) >= 11 is 0. The van der Waals surface area contributed by atoms with Gasteiger partial charge in [-0.1, -0.05) is 18.2 Å². The van der Waals surface area contributed by atoms with Crippen LogP contribution >= 0.6 is 0 Å². The van der Waals surface area contributed by atoms with Crippen LogP contribution in [-0.2, 0) is 24.5 Å². The minimum atomic E-state index is -0.652. The molecule has 1 amide bonds. The molecule has 5 heteroatoms. The van der Waals surface area contributed by atoms with Crippen molar-refractivity contribution in [1.29, 1.82) is 0 Å². The second-order valence-electron chi connectivity index (χ2n) is 5.55. The van der Waals surface area contributed by atoms with Crippen molar-refractivity contribution in [3.8, 4) is 0 Å². The first-order valence-corrected chi connectivity index (χ1v) is 6.96. The molecule has 1 aliphatic heterocycles. The lowest BCUT2D eigenvalue weighted by Gasteiger charge is -2.19. The molecular weight excluding hydrogens is 270 g/mol. The van der Waals surface area contributed by atoms with Crippen LogP contribution < -0.4 is 4.90 Å². The molecular formula is C16H19NO4. The number of hydrogen-bond acceptors (Lipinski definition) is 4. The molecule has 0 unspecified atom stereocenters. The summed E-state index contributed by atoms with van der Waals surface area (Å²) in [5, 5.41) is 0. The monoisotopic (exact) mass is 289 g/mol. The largest absolute Gasteiger partial charge is 0.466 e. The average Bonchev–Trinajstić information content (AvgIpc) is 2.61. The fraction of sp³-hybridized carbons (Fsp3) is 0.438. The lowest BCUT2D eigenvalue weighted by Crippen LogP contribution is -2.39. The maximum absolute atomic E-state index is 12.5. The smallest absolute Gasteiger partial charge is 0.313 e. The predicted molar refractivity (Wildman–Crippen MR) is 78.1 cm³/mol. The van der Waals surface area contributed by atoms with E-state index >= 15 is 0 Å². The zero-order chi connectivity index (χ0) is 15.6. The van der Waals surface area contributed by atoms with Gasteiger partial charge in [0.15, 0.2) is 5.78 Å². The second-order valence-corrected chi connectivity index (χ2v) is 5.55. The van der Waals surface area contributed by atoms with Crippen LogP contribution in [0.3, 0.4) is 0 Å². The third-order valence-electron chi connectivity index (χ3n) is 3.63. The summed E-state index contributed by atoms with van der Waals surface area (Å²) in [6, 6.07) is 7.41. The molecule has 0 saturated heterocycles. The Labute approximate surface area is 123 Å². The van der Waals surface area contributed by atoms with E-state index in [1.807, 2.05) is 38.1 Å². The Balaban J connectivity index is 2.16. The van der Waals surface area contributed by atoms with Crippen molar-refractivity contribution in [2.45, 2.75) is 32.6 Å². The highest BCUT2D eigenvalue weighted by Crippen LogP contribution is 2.41. The molecule has 0 spiro atoms. The first-order chi connectivity index (χ1) is 9.87. The quantitative estimate of drug-likeness (QED) is 0.613. The highest BCUT2D eigenvalue weighted by molar-refractivity contribution is 6.11. The number of carbonyl (C=O) groups excluding carboxylic acids is 3. The van der Waals surface area contributed by atoms with Gasteiger partial charge in [0.1, 0.15) is 6.42 Å². The third-order valence-corrected chi connectivity index (χ3v) is 3.63. The number of benzene rings is 1. The van der Waals surface area contributed by atoms with E-state index in [0.717, 1.165) is 11.3 Å². The number of ether oxygens (including phenoxy) is 1. The average molecular weight is 289 g/mol. The van der Waals surface area contributed by atoms with E-state index in [9.17, 15) is 14.4 Å². The van der Waals surface area contributed by atoms with Gasteiger partial charge in [-0.3, -0.25) is 14.4 Å². The summed E-state index contributed by atoms with van der Waals surface area (Å²) in [6.45, 7) is 5.50. The summed E-state index contributed by atoms with van der Waals surface area (Å²) in [5.41, 5.74) is 0.990. The molecule has 0 aliphatic carbocycles. The molecule has 0 N–H and O–H groups in total. The van der Waals surface area contributed by atoms with E-state index in [1.165, 1.54) is 4.90 Å². The number of para-hydroxylation sites is 1. The van der Waals surface area contributed by atoms with Crippen molar-refractivity contribution in [3.63, 3.8) is 0 Å². The van der Waals surface area contributed by atoms with E-state index in [2.05, 4.69) is 0 Å². The summed E-state index contributed by atoms with van der Waals surface area (Å²) in [5.74, 6) is -1.00. The third kappa shape index (κ3) is 2.82. The molecule has 0 atom stereocenters. The molecule has 112 valence electrons. The molecule has 2 rings (SSSR count). The van der Waals surface area contributed by atoms with Crippen molar-refractivity contribution < 1.29 is 19.1 Å². The maximum Gasteiger partial charge on any atom is 0.313 e. The highest BCUT2D eigenvalue weighted by atomic mass is 16.5. The number of esters is 1. The number of anilines is 1. The Morgan fingerprint density at radius 3 is 2.57 bits per heavy atom. The normalized spacial score (nSPS) is 15.8. The van der Waals surface area contributed by atoms with Crippen LogP contribution in [0.1, 0.15) is 32.8 Å². The lowest BCUT2D eigenvalue weighted by molar-refractivity contribution is -0.145. The summed E-state index contributed by atoms with van der Waals surface area (Å²) in [4.78, 5) is 37.2. The molecule has 0 radical (unpaired) electrons. The van der Waals surface area contributed by atoms with Crippen molar-refractivity contribution in [1.82, 2.24) is 0 Å². The number of amides is 1. The number of ketones is 1. The fourth-order valence-corrected chi connectivity index (χ4v) is 2.56. The van der Waals surface area contributed by atoms with Crippen molar-refractivity contribution >= 4 is 23.3 Å². The first-order valence-electron chi connectivity index (χ1n) is 6.96. The SMILES string of the molecule is CCOC(=O)CC(=O)CN1C(=O)C(C)(C)c2ccccc21. The minimum absolute atomic E-state index is 0.0991. The second kappa shape index (κ2) is 5.68. The fourth-order valence-electron chi connectivity index (χ4n) is 2.56. The van der Waals surface area contributed by atoms with Crippen molar-refractivity contribution in [2.24, 2.45) is 0 Å². The zero-order valence-electron chi connectivity index (χ0n) is 12.5. The van der Waals surface area contributed by atoms with Gasteiger partial charge in [-0.05, 0) is 32.4 Å². The number of hydrogen-bond donors (Lipinski definition) is 0. The summed E-state index contributed by atoms with van der Waals surface area (Å²) in [6.07, 6.45) is -0.305. The Hall–Kier alpha value is -2.17. The van der Waals surface area contributed by atoms with E-state index in [0.29, 0.717) is 0 Å². The molecule has 0 fully saturated rings. The topological polar surface area (TPSA) is 63.7 Å². The number of fused-ring (bicyclic) bond motifs is 1. The van der Waals surface area contributed by atoms with Crippen LogP contribution in [0, 0.1) is 0 Å². The van der Waals surface area contributed by atoms with E-state index in [1.54, 1.807) is 6.92 Å². The van der Waals surface area contributed by atoms with Gasteiger partial charge in [0.05, 0.1) is 18.6 Å². The van der Waals surface area contributed by atoms with Crippen LogP contribution in [0.4, 0.5) is 5.69 Å². The predicted octanol–water partition coefficient (Wildman–Crippen LogP) is 1.83. The van der Waals surface area contributed by atoms with Crippen molar-refractivity contribution in [3.05, 3.63) is 29.8 Å². The van der Waals surface area contributed by atoms with Crippen LogP contribution in [0.5, 0.6) is 0 Å². The Morgan fingerprint density at radius 2 is 1.90 bits per heavy atom. The Bertz CT molecular complexity index is 592. The molecule has 0 bridgehead atoms. The maximum atomic E-state index is 12.5.